The molecule has 1 aliphatic rings. The monoisotopic (exact) mass is 284 g/mol. The minimum absolute atomic E-state index is 0.0150. The maximum Gasteiger partial charge on any atom is 0.313 e. The lowest BCUT2D eigenvalue weighted by atomic mass is 10.2. The highest BCUT2D eigenvalue weighted by Gasteiger charge is 2.19. The lowest BCUT2D eigenvalue weighted by molar-refractivity contribution is -0.136. The van der Waals surface area contributed by atoms with Gasteiger partial charge in [-0.05, 0) is 25.0 Å². The van der Waals surface area contributed by atoms with Gasteiger partial charge in [0.25, 0.3) is 0 Å². The molecule has 0 unspecified atom stereocenters. The van der Waals surface area contributed by atoms with Gasteiger partial charge in [-0.3, -0.25) is 9.59 Å². The summed E-state index contributed by atoms with van der Waals surface area (Å²) in [5, 5.41) is 4.61. The molecule has 0 aromatic heterocycles. The van der Waals surface area contributed by atoms with Crippen molar-refractivity contribution in [3.63, 3.8) is 0 Å². The number of ether oxygens (including phenoxy) is 1. The number of rotatable bonds is 3. The second-order valence-electron chi connectivity index (χ2n) is 4.43. The normalized spacial score (nSPS) is 17.8. The van der Waals surface area contributed by atoms with Crippen LogP contribution in [0.1, 0.15) is 12.8 Å². The molecule has 1 fully saturated rings. The Balaban J connectivity index is 1.83. The zero-order chi connectivity index (χ0) is 14.5. The predicted molar refractivity (Wildman–Crippen MR) is 67.0 cm³/mol. The van der Waals surface area contributed by atoms with Gasteiger partial charge in [0.05, 0.1) is 6.10 Å². The van der Waals surface area contributed by atoms with Gasteiger partial charge in [0.15, 0.2) is 11.6 Å². The Morgan fingerprint density at radius 2 is 2.05 bits per heavy atom. The van der Waals surface area contributed by atoms with Crippen molar-refractivity contribution in [2.24, 2.45) is 0 Å². The van der Waals surface area contributed by atoms with Crippen molar-refractivity contribution in [2.75, 3.05) is 18.5 Å². The number of benzene rings is 1. The number of hydrogen-bond donors (Lipinski definition) is 2. The predicted octanol–water partition coefficient (Wildman–Crippen LogP) is 1.20. The van der Waals surface area contributed by atoms with Gasteiger partial charge in [-0.2, -0.15) is 0 Å². The standard InChI is InChI=1S/C13H14F2N2O3/c14-10-4-3-8(6-11(10)15)17-13(19)12(18)16-7-9-2-1-5-20-9/h3-4,6,9H,1-2,5,7H2,(H,16,18)(H,17,19)/t9-/m0/s1. The van der Waals surface area contributed by atoms with Crippen molar-refractivity contribution >= 4 is 17.5 Å². The van der Waals surface area contributed by atoms with E-state index in [1.807, 2.05) is 0 Å². The Bertz CT molecular complexity index is 516. The minimum atomic E-state index is -1.09. The highest BCUT2D eigenvalue weighted by molar-refractivity contribution is 6.39. The van der Waals surface area contributed by atoms with Crippen LogP contribution in [0.4, 0.5) is 14.5 Å². The second kappa shape index (κ2) is 6.42. The number of anilines is 1. The third kappa shape index (κ3) is 3.74. The largest absolute Gasteiger partial charge is 0.376 e. The molecule has 1 atom stereocenters. The Morgan fingerprint density at radius 3 is 2.70 bits per heavy atom. The molecular weight excluding hydrogens is 270 g/mol. The summed E-state index contributed by atoms with van der Waals surface area (Å²) in [5.41, 5.74) is 0.0150. The van der Waals surface area contributed by atoms with Gasteiger partial charge in [-0.25, -0.2) is 8.78 Å². The van der Waals surface area contributed by atoms with E-state index in [0.29, 0.717) is 6.61 Å². The molecule has 1 heterocycles. The minimum Gasteiger partial charge on any atom is -0.376 e. The molecule has 1 aromatic rings. The van der Waals surface area contributed by atoms with Crippen LogP contribution >= 0.6 is 0 Å². The van der Waals surface area contributed by atoms with E-state index in [2.05, 4.69) is 10.6 Å². The van der Waals surface area contributed by atoms with E-state index in [1.165, 1.54) is 6.07 Å². The van der Waals surface area contributed by atoms with Crippen LogP contribution in [0, 0.1) is 11.6 Å². The van der Waals surface area contributed by atoms with Crippen molar-refractivity contribution < 1.29 is 23.1 Å². The SMILES string of the molecule is O=C(NC[C@@H]1CCCO1)C(=O)Nc1ccc(F)c(F)c1. The number of carbonyl (C=O) groups is 2. The van der Waals surface area contributed by atoms with Crippen LogP contribution in [0.2, 0.25) is 0 Å². The summed E-state index contributed by atoms with van der Waals surface area (Å²) in [6.07, 6.45) is 1.70. The summed E-state index contributed by atoms with van der Waals surface area (Å²) >= 11 is 0. The fourth-order valence-corrected chi connectivity index (χ4v) is 1.85. The number of carbonyl (C=O) groups excluding carboxylic acids is 2. The molecule has 1 saturated heterocycles. The Kier molecular flexibility index (Phi) is 4.62. The molecule has 0 aliphatic carbocycles. The Hall–Kier alpha value is -2.02. The molecule has 1 aromatic carbocycles. The number of nitrogens with one attached hydrogen (secondary N) is 2. The first-order chi connectivity index (χ1) is 9.56. The van der Waals surface area contributed by atoms with Crippen LogP contribution < -0.4 is 10.6 Å². The molecule has 5 nitrogen and oxygen atoms in total. The molecule has 2 rings (SSSR count). The van der Waals surface area contributed by atoms with Gasteiger partial charge in [0.2, 0.25) is 0 Å². The zero-order valence-electron chi connectivity index (χ0n) is 10.6. The lowest BCUT2D eigenvalue weighted by Gasteiger charge is -2.10. The maximum absolute atomic E-state index is 12.9. The van der Waals surface area contributed by atoms with Crippen LogP contribution in [-0.2, 0) is 14.3 Å². The maximum atomic E-state index is 12.9. The van der Waals surface area contributed by atoms with Gasteiger partial charge in [-0.1, -0.05) is 0 Å². The highest BCUT2D eigenvalue weighted by Crippen LogP contribution is 2.13. The molecule has 20 heavy (non-hydrogen) atoms. The fourth-order valence-electron chi connectivity index (χ4n) is 1.85. The van der Waals surface area contributed by atoms with Crippen LogP contribution in [0.15, 0.2) is 18.2 Å². The van der Waals surface area contributed by atoms with Crippen LogP contribution in [0.3, 0.4) is 0 Å². The van der Waals surface area contributed by atoms with Crippen LogP contribution in [0.25, 0.3) is 0 Å². The first kappa shape index (κ1) is 14.4. The summed E-state index contributed by atoms with van der Waals surface area (Å²) in [4.78, 5) is 23.0. The highest BCUT2D eigenvalue weighted by atomic mass is 19.2. The van der Waals surface area contributed by atoms with E-state index in [9.17, 15) is 18.4 Å². The Labute approximate surface area is 114 Å². The van der Waals surface area contributed by atoms with Crippen LogP contribution in [0.5, 0.6) is 0 Å². The Morgan fingerprint density at radius 1 is 1.25 bits per heavy atom. The van der Waals surface area contributed by atoms with Crippen molar-refractivity contribution in [3.8, 4) is 0 Å². The first-order valence-corrected chi connectivity index (χ1v) is 6.22. The summed E-state index contributed by atoms with van der Waals surface area (Å²) in [7, 11) is 0. The van der Waals surface area contributed by atoms with Gasteiger partial charge in [0.1, 0.15) is 0 Å². The molecular formula is C13H14F2N2O3. The molecule has 0 spiro atoms. The zero-order valence-corrected chi connectivity index (χ0v) is 10.6. The van der Waals surface area contributed by atoms with E-state index < -0.39 is 23.4 Å². The van der Waals surface area contributed by atoms with Gasteiger partial charge in [0, 0.05) is 24.9 Å². The van der Waals surface area contributed by atoms with E-state index in [-0.39, 0.29) is 18.3 Å². The van der Waals surface area contributed by atoms with Crippen molar-refractivity contribution in [2.45, 2.75) is 18.9 Å². The summed E-state index contributed by atoms with van der Waals surface area (Å²) < 4.78 is 30.9. The third-order valence-electron chi connectivity index (χ3n) is 2.90. The smallest absolute Gasteiger partial charge is 0.313 e. The van der Waals surface area contributed by atoms with Gasteiger partial charge >= 0.3 is 11.8 Å². The molecule has 7 heteroatoms. The third-order valence-corrected chi connectivity index (χ3v) is 2.90. The molecule has 0 bridgehead atoms. The van der Waals surface area contributed by atoms with Gasteiger partial charge < -0.3 is 15.4 Å². The van der Waals surface area contributed by atoms with Crippen LogP contribution in [-0.4, -0.2) is 31.1 Å². The first-order valence-electron chi connectivity index (χ1n) is 6.22. The average Bonchev–Trinajstić information content (AvgIpc) is 2.93. The summed E-state index contributed by atoms with van der Waals surface area (Å²) in [5.74, 6) is -3.90. The number of amides is 2. The van der Waals surface area contributed by atoms with Crippen molar-refractivity contribution in [1.82, 2.24) is 5.32 Å². The topological polar surface area (TPSA) is 67.4 Å². The molecule has 108 valence electrons. The van der Waals surface area contributed by atoms with E-state index in [4.69, 9.17) is 4.74 Å². The molecule has 2 N–H and O–H groups in total. The van der Waals surface area contributed by atoms with Crippen molar-refractivity contribution in [3.05, 3.63) is 29.8 Å². The molecule has 2 amide bonds. The molecule has 0 saturated carbocycles. The van der Waals surface area contributed by atoms with E-state index in [0.717, 1.165) is 25.0 Å². The quantitative estimate of drug-likeness (QED) is 0.820. The molecule has 0 radical (unpaired) electrons. The van der Waals surface area contributed by atoms with E-state index in [1.54, 1.807) is 0 Å². The molecule has 1 aliphatic heterocycles. The fraction of sp³-hybridized carbons (Fsp3) is 0.385. The average molecular weight is 284 g/mol. The second-order valence-corrected chi connectivity index (χ2v) is 4.43. The summed E-state index contributed by atoms with van der Waals surface area (Å²) in [6.45, 7) is 0.908. The summed E-state index contributed by atoms with van der Waals surface area (Å²) in [6, 6.07) is 2.85. The lowest BCUT2D eigenvalue weighted by Crippen LogP contribution is -2.39. The van der Waals surface area contributed by atoms with Crippen molar-refractivity contribution in [1.29, 1.82) is 0 Å². The van der Waals surface area contributed by atoms with E-state index >= 15 is 0 Å². The number of halogens is 2. The van der Waals surface area contributed by atoms with Gasteiger partial charge in [-0.15, -0.1) is 0 Å². The number of hydrogen-bond acceptors (Lipinski definition) is 3.